The molecule has 0 aromatic carbocycles. The zero-order valence-corrected chi connectivity index (χ0v) is 13.2. The minimum absolute atomic E-state index is 0.188. The molecule has 0 bridgehead atoms. The molecule has 6 nitrogen and oxygen atoms in total. The maximum absolute atomic E-state index is 11.9. The van der Waals surface area contributed by atoms with Crippen LogP contribution in [0.25, 0.3) is 0 Å². The van der Waals surface area contributed by atoms with Crippen molar-refractivity contribution in [3.63, 3.8) is 0 Å². The zero-order chi connectivity index (χ0) is 15.5. The van der Waals surface area contributed by atoms with Gasteiger partial charge >= 0.3 is 0 Å². The molecule has 0 unspecified atom stereocenters. The number of carbonyl (C=O) groups excluding carboxylic acids is 1. The molecule has 6 heteroatoms. The number of unbranched alkanes of at least 4 members (excludes halogenated alkanes) is 1. The number of nitrogens with one attached hydrogen (secondary N) is 2. The van der Waals surface area contributed by atoms with E-state index in [0.29, 0.717) is 18.1 Å². The summed E-state index contributed by atoms with van der Waals surface area (Å²) in [6, 6.07) is 0. The van der Waals surface area contributed by atoms with Gasteiger partial charge in [0.1, 0.15) is 11.5 Å². The summed E-state index contributed by atoms with van der Waals surface area (Å²) in [6.45, 7) is 8.26. The molecule has 0 saturated carbocycles. The number of nitrogens with zero attached hydrogens (tertiary/aromatic N) is 2. The molecule has 0 atom stereocenters. The number of aromatic nitrogens is 2. The van der Waals surface area contributed by atoms with Gasteiger partial charge in [-0.1, -0.05) is 6.92 Å². The van der Waals surface area contributed by atoms with Gasteiger partial charge in [0, 0.05) is 19.7 Å². The van der Waals surface area contributed by atoms with Crippen LogP contribution in [-0.2, 0) is 4.74 Å². The summed E-state index contributed by atoms with van der Waals surface area (Å²) < 4.78 is 5.44. The number of carbonyl (C=O) groups is 1. The Labute approximate surface area is 126 Å². The van der Waals surface area contributed by atoms with E-state index in [1.807, 2.05) is 13.8 Å². The van der Waals surface area contributed by atoms with E-state index in [2.05, 4.69) is 27.5 Å². The standard InChI is InChI=1S/C15H26N4O2/c1-4-7-17-14-11-16-10-13(19-14)15(20)18-8-5-6-9-21-12(2)3/h10-12H,4-9H2,1-3H3,(H,17,19)(H,18,20). The monoisotopic (exact) mass is 294 g/mol. The average molecular weight is 294 g/mol. The fourth-order valence-corrected chi connectivity index (χ4v) is 1.65. The molecule has 118 valence electrons. The Hall–Kier alpha value is -1.69. The van der Waals surface area contributed by atoms with Gasteiger partial charge in [0.05, 0.1) is 18.5 Å². The van der Waals surface area contributed by atoms with Crippen LogP contribution in [0.1, 0.15) is 50.5 Å². The molecule has 1 aromatic rings. The van der Waals surface area contributed by atoms with Crippen LogP contribution in [0.2, 0.25) is 0 Å². The molecule has 1 amide bonds. The summed E-state index contributed by atoms with van der Waals surface area (Å²) in [4.78, 5) is 20.2. The van der Waals surface area contributed by atoms with Crippen molar-refractivity contribution < 1.29 is 9.53 Å². The number of hydrogen-bond acceptors (Lipinski definition) is 5. The third-order valence-electron chi connectivity index (χ3n) is 2.73. The van der Waals surface area contributed by atoms with Crippen LogP contribution in [0.5, 0.6) is 0 Å². The number of hydrogen-bond donors (Lipinski definition) is 2. The fourth-order valence-electron chi connectivity index (χ4n) is 1.65. The molecule has 0 saturated heterocycles. The van der Waals surface area contributed by atoms with E-state index in [4.69, 9.17) is 4.74 Å². The lowest BCUT2D eigenvalue weighted by atomic mass is 10.3. The van der Waals surface area contributed by atoms with Crippen molar-refractivity contribution in [3.8, 4) is 0 Å². The molecule has 0 spiro atoms. The smallest absolute Gasteiger partial charge is 0.271 e. The van der Waals surface area contributed by atoms with Crippen LogP contribution in [0.15, 0.2) is 12.4 Å². The maximum atomic E-state index is 11.9. The second kappa shape index (κ2) is 10.1. The molecule has 2 N–H and O–H groups in total. The van der Waals surface area contributed by atoms with Crippen LogP contribution in [0.4, 0.5) is 5.82 Å². The summed E-state index contributed by atoms with van der Waals surface area (Å²) in [6.07, 6.45) is 6.18. The first-order valence-electron chi connectivity index (χ1n) is 7.59. The number of rotatable bonds is 10. The first kappa shape index (κ1) is 17.4. The quantitative estimate of drug-likeness (QED) is 0.647. The highest BCUT2D eigenvalue weighted by Crippen LogP contribution is 2.02. The molecule has 1 rings (SSSR count). The van der Waals surface area contributed by atoms with Crippen LogP contribution >= 0.6 is 0 Å². The van der Waals surface area contributed by atoms with Gasteiger partial charge in [-0.25, -0.2) is 4.98 Å². The van der Waals surface area contributed by atoms with E-state index in [9.17, 15) is 4.79 Å². The van der Waals surface area contributed by atoms with Crippen molar-refractivity contribution in [2.75, 3.05) is 25.0 Å². The van der Waals surface area contributed by atoms with Crippen LogP contribution in [-0.4, -0.2) is 41.7 Å². The summed E-state index contributed by atoms with van der Waals surface area (Å²) in [5.74, 6) is 0.447. The maximum Gasteiger partial charge on any atom is 0.271 e. The Kier molecular flexibility index (Phi) is 8.35. The molecular formula is C15H26N4O2. The summed E-state index contributed by atoms with van der Waals surface area (Å²) in [5, 5.41) is 5.96. The Morgan fingerprint density at radius 3 is 2.81 bits per heavy atom. The van der Waals surface area contributed by atoms with Crippen molar-refractivity contribution in [1.82, 2.24) is 15.3 Å². The first-order valence-corrected chi connectivity index (χ1v) is 7.59. The molecule has 21 heavy (non-hydrogen) atoms. The Bertz CT molecular complexity index is 424. The molecule has 0 radical (unpaired) electrons. The average Bonchev–Trinajstić information content (AvgIpc) is 2.48. The summed E-state index contributed by atoms with van der Waals surface area (Å²) >= 11 is 0. The number of anilines is 1. The molecular weight excluding hydrogens is 268 g/mol. The van der Waals surface area contributed by atoms with Crippen LogP contribution in [0, 0.1) is 0 Å². The molecule has 0 aliphatic heterocycles. The first-order chi connectivity index (χ1) is 10.1. The lowest BCUT2D eigenvalue weighted by Crippen LogP contribution is -2.26. The number of ether oxygens (including phenoxy) is 1. The minimum atomic E-state index is -0.188. The van der Waals surface area contributed by atoms with Crippen molar-refractivity contribution >= 4 is 11.7 Å². The predicted octanol–water partition coefficient (Wildman–Crippen LogP) is 2.23. The van der Waals surface area contributed by atoms with Gasteiger partial charge < -0.3 is 15.4 Å². The molecule has 1 aromatic heterocycles. The van der Waals surface area contributed by atoms with E-state index in [1.54, 1.807) is 6.20 Å². The minimum Gasteiger partial charge on any atom is -0.379 e. The van der Waals surface area contributed by atoms with Crippen molar-refractivity contribution in [2.24, 2.45) is 0 Å². The van der Waals surface area contributed by atoms with Crippen LogP contribution in [0.3, 0.4) is 0 Å². The van der Waals surface area contributed by atoms with E-state index in [1.165, 1.54) is 6.20 Å². The Morgan fingerprint density at radius 1 is 1.29 bits per heavy atom. The van der Waals surface area contributed by atoms with Gasteiger partial charge in [0.2, 0.25) is 0 Å². The van der Waals surface area contributed by atoms with Gasteiger partial charge in [0.25, 0.3) is 5.91 Å². The van der Waals surface area contributed by atoms with Crippen LogP contribution < -0.4 is 10.6 Å². The topological polar surface area (TPSA) is 76.1 Å². The summed E-state index contributed by atoms with van der Waals surface area (Å²) in [5.41, 5.74) is 0.342. The Balaban J connectivity index is 2.28. The molecule has 1 heterocycles. The fraction of sp³-hybridized carbons (Fsp3) is 0.667. The van der Waals surface area contributed by atoms with Crippen molar-refractivity contribution in [1.29, 1.82) is 0 Å². The Morgan fingerprint density at radius 2 is 2.10 bits per heavy atom. The lowest BCUT2D eigenvalue weighted by Gasteiger charge is -2.08. The third-order valence-corrected chi connectivity index (χ3v) is 2.73. The third kappa shape index (κ3) is 7.60. The second-order valence-corrected chi connectivity index (χ2v) is 5.10. The van der Waals surface area contributed by atoms with E-state index < -0.39 is 0 Å². The van der Waals surface area contributed by atoms with E-state index in [0.717, 1.165) is 32.4 Å². The second-order valence-electron chi connectivity index (χ2n) is 5.10. The largest absolute Gasteiger partial charge is 0.379 e. The van der Waals surface area contributed by atoms with Gasteiger partial charge in [-0.05, 0) is 33.1 Å². The van der Waals surface area contributed by atoms with Gasteiger partial charge in [-0.2, -0.15) is 0 Å². The predicted molar refractivity (Wildman–Crippen MR) is 83.5 cm³/mol. The normalized spacial score (nSPS) is 10.7. The van der Waals surface area contributed by atoms with E-state index >= 15 is 0 Å². The van der Waals surface area contributed by atoms with Crippen molar-refractivity contribution in [3.05, 3.63) is 18.1 Å². The lowest BCUT2D eigenvalue weighted by molar-refractivity contribution is 0.0754. The summed E-state index contributed by atoms with van der Waals surface area (Å²) in [7, 11) is 0. The van der Waals surface area contributed by atoms with Gasteiger partial charge in [-0.15, -0.1) is 0 Å². The van der Waals surface area contributed by atoms with Gasteiger partial charge in [-0.3, -0.25) is 9.78 Å². The van der Waals surface area contributed by atoms with E-state index in [-0.39, 0.29) is 12.0 Å². The highest BCUT2D eigenvalue weighted by atomic mass is 16.5. The molecule has 0 aliphatic carbocycles. The highest BCUT2D eigenvalue weighted by molar-refractivity contribution is 5.92. The number of amides is 1. The van der Waals surface area contributed by atoms with Gasteiger partial charge in [0.15, 0.2) is 0 Å². The SMILES string of the molecule is CCCNc1cncc(C(=O)NCCCCOC(C)C)n1. The highest BCUT2D eigenvalue weighted by Gasteiger charge is 2.07. The molecule has 0 aliphatic rings. The molecule has 0 fully saturated rings. The zero-order valence-electron chi connectivity index (χ0n) is 13.2. The van der Waals surface area contributed by atoms with Crippen molar-refractivity contribution in [2.45, 2.75) is 46.1 Å².